The van der Waals surface area contributed by atoms with E-state index in [1.54, 1.807) is 7.05 Å². The van der Waals surface area contributed by atoms with E-state index in [4.69, 9.17) is 4.84 Å². The van der Waals surface area contributed by atoms with Crippen molar-refractivity contribution in [2.45, 2.75) is 45.1 Å². The van der Waals surface area contributed by atoms with Gasteiger partial charge < -0.3 is 5.11 Å². The highest BCUT2D eigenvalue weighted by Crippen LogP contribution is 2.57. The summed E-state index contributed by atoms with van der Waals surface area (Å²) in [6, 6.07) is 0. The maximum Gasteiger partial charge on any atom is 0.269 e. The van der Waals surface area contributed by atoms with Crippen LogP contribution in [0.5, 0.6) is 0 Å². The molecule has 118 valence electrons. The lowest BCUT2D eigenvalue weighted by atomic mass is 9.63. The summed E-state index contributed by atoms with van der Waals surface area (Å²) in [5.74, 6) is 0.537. The molecule has 21 heavy (non-hydrogen) atoms. The monoisotopic (exact) mass is 293 g/mol. The van der Waals surface area contributed by atoms with E-state index >= 15 is 0 Å². The van der Waals surface area contributed by atoms with Crippen LogP contribution in [0.4, 0.5) is 0 Å². The van der Waals surface area contributed by atoms with Crippen molar-refractivity contribution < 1.29 is 14.7 Å². The molecule has 1 amide bonds. The summed E-state index contributed by atoms with van der Waals surface area (Å²) in [6.45, 7) is 6.45. The molecule has 0 aromatic rings. The fraction of sp³-hybridized carbons (Fsp3) is 0.706. The first kappa shape index (κ1) is 16.2. The zero-order valence-corrected chi connectivity index (χ0v) is 13.3. The number of aliphatic hydroxyl groups excluding tert-OH is 1. The third-order valence-corrected chi connectivity index (χ3v) is 5.56. The van der Waals surface area contributed by atoms with Gasteiger partial charge in [-0.05, 0) is 42.9 Å². The Hall–Kier alpha value is -1.13. The zero-order valence-electron chi connectivity index (χ0n) is 13.3. The van der Waals surface area contributed by atoms with Crippen LogP contribution in [0.25, 0.3) is 0 Å². The van der Waals surface area contributed by atoms with Crippen LogP contribution in [-0.4, -0.2) is 36.3 Å². The highest BCUT2D eigenvalue weighted by Gasteiger charge is 2.51. The molecule has 0 aliphatic heterocycles. The molecule has 0 radical (unpaired) electrons. The van der Waals surface area contributed by atoms with Crippen LogP contribution in [0.15, 0.2) is 24.3 Å². The molecule has 0 bridgehead atoms. The fourth-order valence-electron chi connectivity index (χ4n) is 4.25. The largest absolute Gasteiger partial charge is 0.393 e. The Morgan fingerprint density at radius 3 is 2.76 bits per heavy atom. The first-order chi connectivity index (χ1) is 9.90. The van der Waals surface area contributed by atoms with Crippen LogP contribution in [0, 0.1) is 17.3 Å². The van der Waals surface area contributed by atoms with E-state index in [9.17, 15) is 9.90 Å². The number of likely N-dealkylation sites (N-methyl/N-ethyl adjacent to an activating group) is 1. The molecule has 4 atom stereocenters. The predicted molar refractivity (Wildman–Crippen MR) is 82.2 cm³/mol. The third kappa shape index (κ3) is 3.06. The molecule has 0 aromatic heterocycles. The van der Waals surface area contributed by atoms with E-state index in [1.807, 2.05) is 6.08 Å². The van der Waals surface area contributed by atoms with Crippen molar-refractivity contribution in [2.75, 3.05) is 14.2 Å². The van der Waals surface area contributed by atoms with E-state index in [0.717, 1.165) is 37.7 Å². The fourth-order valence-corrected chi connectivity index (χ4v) is 4.25. The summed E-state index contributed by atoms with van der Waals surface area (Å²) in [7, 11) is 3.05. The number of fused-ring (bicyclic) bond motifs is 1. The smallest absolute Gasteiger partial charge is 0.269 e. The molecule has 4 heteroatoms. The lowest BCUT2D eigenvalue weighted by Gasteiger charge is -2.43. The molecule has 0 aromatic carbocycles. The Balaban J connectivity index is 2.06. The molecule has 2 aliphatic rings. The van der Waals surface area contributed by atoms with Gasteiger partial charge in [0.25, 0.3) is 5.91 Å². The molecule has 2 fully saturated rings. The van der Waals surface area contributed by atoms with E-state index < -0.39 is 0 Å². The van der Waals surface area contributed by atoms with Gasteiger partial charge in [-0.3, -0.25) is 9.63 Å². The highest BCUT2D eigenvalue weighted by atomic mass is 16.7. The average Bonchev–Trinajstić information content (AvgIpc) is 2.82. The molecule has 4 unspecified atom stereocenters. The topological polar surface area (TPSA) is 49.8 Å². The number of rotatable bonds is 4. The van der Waals surface area contributed by atoms with Crippen molar-refractivity contribution in [2.24, 2.45) is 17.3 Å². The minimum absolute atomic E-state index is 0.120. The van der Waals surface area contributed by atoms with Gasteiger partial charge in [0.1, 0.15) is 0 Å². The quantitative estimate of drug-likeness (QED) is 0.492. The van der Waals surface area contributed by atoms with E-state index in [-0.39, 0.29) is 17.4 Å². The summed E-state index contributed by atoms with van der Waals surface area (Å²) in [4.78, 5) is 16.6. The zero-order chi connectivity index (χ0) is 15.6. The molecule has 2 rings (SSSR count). The maximum atomic E-state index is 11.7. The Kier molecular flexibility index (Phi) is 4.89. The van der Waals surface area contributed by atoms with Crippen LogP contribution in [0.1, 0.15) is 39.0 Å². The number of hydrogen-bond acceptors (Lipinski definition) is 3. The molecule has 0 saturated heterocycles. The van der Waals surface area contributed by atoms with Crippen molar-refractivity contribution in [1.29, 1.82) is 0 Å². The van der Waals surface area contributed by atoms with Gasteiger partial charge in [0.2, 0.25) is 0 Å². The summed E-state index contributed by atoms with van der Waals surface area (Å²) < 4.78 is 0. The summed E-state index contributed by atoms with van der Waals surface area (Å²) in [5, 5.41) is 11.4. The molecular weight excluding hydrogens is 266 g/mol. The van der Waals surface area contributed by atoms with Gasteiger partial charge in [-0.15, -0.1) is 0 Å². The van der Waals surface area contributed by atoms with Gasteiger partial charge in [-0.2, -0.15) is 0 Å². The first-order valence-corrected chi connectivity index (χ1v) is 7.77. The normalized spacial score (nSPS) is 35.7. The second-order valence-electron chi connectivity index (χ2n) is 6.63. The average molecular weight is 293 g/mol. The molecule has 4 nitrogen and oxygen atoms in total. The van der Waals surface area contributed by atoms with Gasteiger partial charge in [0.05, 0.1) is 13.2 Å². The Labute approximate surface area is 127 Å². The Morgan fingerprint density at radius 1 is 1.38 bits per heavy atom. The van der Waals surface area contributed by atoms with Crippen molar-refractivity contribution in [1.82, 2.24) is 5.06 Å². The van der Waals surface area contributed by atoms with Crippen LogP contribution >= 0.6 is 0 Å². The second kappa shape index (κ2) is 6.32. The number of aliphatic hydroxyl groups is 1. The van der Waals surface area contributed by atoms with Gasteiger partial charge in [0, 0.05) is 13.1 Å². The number of nitrogens with zero attached hydrogens (tertiary/aromatic N) is 1. The van der Waals surface area contributed by atoms with E-state index in [2.05, 4.69) is 13.5 Å². The van der Waals surface area contributed by atoms with Crippen LogP contribution < -0.4 is 0 Å². The van der Waals surface area contributed by atoms with Crippen LogP contribution in [0.2, 0.25) is 0 Å². The molecule has 2 aliphatic carbocycles. The van der Waals surface area contributed by atoms with Crippen molar-refractivity contribution >= 4 is 5.91 Å². The number of hydrogen-bond donors (Lipinski definition) is 1. The SMILES string of the molecule is C=C(C=CC(=O)N(C)OC)C1CCC2C(O)CCCC12C. The van der Waals surface area contributed by atoms with Gasteiger partial charge in [-0.25, -0.2) is 5.06 Å². The number of amides is 1. The lowest BCUT2D eigenvalue weighted by Crippen LogP contribution is -2.40. The molecule has 0 spiro atoms. The number of allylic oxidation sites excluding steroid dienone is 2. The Morgan fingerprint density at radius 2 is 2.10 bits per heavy atom. The van der Waals surface area contributed by atoms with Gasteiger partial charge in [-0.1, -0.05) is 31.6 Å². The van der Waals surface area contributed by atoms with Crippen molar-refractivity contribution in [3.63, 3.8) is 0 Å². The molecular formula is C17H27NO3. The predicted octanol–water partition coefficient (Wildman–Crippen LogP) is 2.70. The minimum Gasteiger partial charge on any atom is -0.393 e. The second-order valence-corrected chi connectivity index (χ2v) is 6.63. The van der Waals surface area contributed by atoms with E-state index in [0.29, 0.717) is 11.8 Å². The summed E-state index contributed by atoms with van der Waals surface area (Å²) >= 11 is 0. The minimum atomic E-state index is -0.193. The molecule has 0 heterocycles. The summed E-state index contributed by atoms with van der Waals surface area (Å²) in [6.07, 6.45) is 8.40. The van der Waals surface area contributed by atoms with Crippen molar-refractivity contribution in [3.05, 3.63) is 24.3 Å². The third-order valence-electron chi connectivity index (χ3n) is 5.56. The molecule has 1 N–H and O–H groups in total. The molecule has 2 saturated carbocycles. The van der Waals surface area contributed by atoms with Gasteiger partial charge >= 0.3 is 0 Å². The number of carbonyl (C=O) groups excluding carboxylic acids is 1. The van der Waals surface area contributed by atoms with E-state index in [1.165, 1.54) is 18.2 Å². The number of hydroxylamine groups is 2. The number of carbonyl (C=O) groups is 1. The lowest BCUT2D eigenvalue weighted by molar-refractivity contribution is -0.162. The standard InChI is InChI=1S/C17H27NO3/c1-12(7-10-16(20)18(3)21-4)13-8-9-14-15(19)6-5-11-17(13,14)2/h7,10,13-15,19H,1,5-6,8-9,11H2,2-4H3. The first-order valence-electron chi connectivity index (χ1n) is 7.77. The van der Waals surface area contributed by atoms with Crippen molar-refractivity contribution in [3.8, 4) is 0 Å². The van der Waals surface area contributed by atoms with Gasteiger partial charge in [0.15, 0.2) is 0 Å². The highest BCUT2D eigenvalue weighted by molar-refractivity contribution is 5.87. The van der Waals surface area contributed by atoms with Crippen LogP contribution in [-0.2, 0) is 9.63 Å². The Bertz CT molecular complexity index is 445. The summed E-state index contributed by atoms with van der Waals surface area (Å²) in [5.41, 5.74) is 1.11. The van der Waals surface area contributed by atoms with Crippen LogP contribution in [0.3, 0.4) is 0 Å². The maximum absolute atomic E-state index is 11.7.